The summed E-state index contributed by atoms with van der Waals surface area (Å²) in [5.74, 6) is -0.0595. The average molecular weight is 943 g/mol. The smallest absolute Gasteiger partial charge is 0.305 e. The Morgan fingerprint density at radius 2 is 0.746 bits per heavy atom. The molecule has 0 spiro atoms. The SMILES string of the molecule is CCCCCCCCC/C=C/C(O)C(CO)NC(=O)CCCCCCCCCCCCCCC/C=C\C/C=C\CCCCCCCCCCCOC(=O)CCCCCCCCCCCCCC. The molecule has 0 aliphatic rings. The molecule has 6 nitrogen and oxygen atoms in total. The number of hydrogen-bond acceptors (Lipinski definition) is 5. The molecule has 0 bridgehead atoms. The van der Waals surface area contributed by atoms with Gasteiger partial charge in [0.05, 0.1) is 25.4 Å². The van der Waals surface area contributed by atoms with Gasteiger partial charge in [0.2, 0.25) is 5.91 Å². The van der Waals surface area contributed by atoms with Crippen LogP contribution >= 0.6 is 0 Å². The Morgan fingerprint density at radius 1 is 0.418 bits per heavy atom. The van der Waals surface area contributed by atoms with Gasteiger partial charge in [0.1, 0.15) is 0 Å². The summed E-state index contributed by atoms with van der Waals surface area (Å²) in [5, 5.41) is 22.9. The van der Waals surface area contributed by atoms with E-state index in [0.717, 1.165) is 44.9 Å². The summed E-state index contributed by atoms with van der Waals surface area (Å²) in [6.45, 7) is 4.88. The first-order valence-electron chi connectivity index (χ1n) is 29.8. The minimum atomic E-state index is -0.842. The molecule has 2 atom stereocenters. The Labute approximate surface area is 417 Å². The van der Waals surface area contributed by atoms with E-state index in [0.29, 0.717) is 19.4 Å². The molecule has 0 saturated heterocycles. The van der Waals surface area contributed by atoms with Crippen LogP contribution in [0.4, 0.5) is 0 Å². The summed E-state index contributed by atoms with van der Waals surface area (Å²) < 4.78 is 5.47. The second-order valence-electron chi connectivity index (χ2n) is 20.3. The van der Waals surface area contributed by atoms with Gasteiger partial charge >= 0.3 is 5.97 Å². The number of carbonyl (C=O) groups excluding carboxylic acids is 2. The number of amides is 1. The molecule has 0 fully saturated rings. The van der Waals surface area contributed by atoms with Gasteiger partial charge in [-0.2, -0.15) is 0 Å². The number of carbonyl (C=O) groups is 2. The second-order valence-corrected chi connectivity index (χ2v) is 20.3. The summed E-state index contributed by atoms with van der Waals surface area (Å²) in [4.78, 5) is 24.4. The lowest BCUT2D eigenvalue weighted by atomic mass is 10.0. The number of allylic oxidation sites excluding steroid dienone is 5. The molecule has 0 heterocycles. The van der Waals surface area contributed by atoms with Crippen molar-refractivity contribution in [3.8, 4) is 0 Å². The first-order chi connectivity index (χ1) is 33.0. The second kappa shape index (κ2) is 56.7. The predicted molar refractivity (Wildman–Crippen MR) is 292 cm³/mol. The fourth-order valence-corrected chi connectivity index (χ4v) is 9.08. The fourth-order valence-electron chi connectivity index (χ4n) is 9.08. The molecule has 1 amide bonds. The molecule has 0 rings (SSSR count). The van der Waals surface area contributed by atoms with Crippen LogP contribution in [0, 0.1) is 0 Å². The monoisotopic (exact) mass is 942 g/mol. The van der Waals surface area contributed by atoms with Crippen molar-refractivity contribution in [2.75, 3.05) is 13.2 Å². The number of rotatable bonds is 55. The molecule has 67 heavy (non-hydrogen) atoms. The van der Waals surface area contributed by atoms with E-state index >= 15 is 0 Å². The van der Waals surface area contributed by atoms with Gasteiger partial charge in [0, 0.05) is 12.8 Å². The average Bonchev–Trinajstić information content (AvgIpc) is 3.33. The standard InChI is InChI=1S/C61H115NO5/c1-3-5-7-9-11-13-14-35-39-43-47-51-55-61(66)67-56-52-48-44-40-36-33-31-29-27-25-23-21-19-17-15-16-18-20-22-24-26-28-30-32-34-38-42-46-50-54-60(65)62-58(57-63)59(64)53-49-45-41-37-12-10-8-6-4-2/h15,17,21,23,49,53,58-59,63-64H,3-14,16,18-20,22,24-48,50-52,54-57H2,1-2H3,(H,62,65)/b17-15-,23-21-,53-49+. The van der Waals surface area contributed by atoms with E-state index in [9.17, 15) is 19.8 Å². The van der Waals surface area contributed by atoms with E-state index in [-0.39, 0.29) is 18.5 Å². The van der Waals surface area contributed by atoms with Gasteiger partial charge < -0.3 is 20.3 Å². The van der Waals surface area contributed by atoms with Crippen molar-refractivity contribution in [2.45, 2.75) is 328 Å². The zero-order chi connectivity index (χ0) is 48.6. The number of ether oxygens (including phenoxy) is 1. The van der Waals surface area contributed by atoms with E-state index in [4.69, 9.17) is 4.74 Å². The molecular weight excluding hydrogens is 827 g/mol. The van der Waals surface area contributed by atoms with Crippen LogP contribution < -0.4 is 5.32 Å². The van der Waals surface area contributed by atoms with Crippen molar-refractivity contribution < 1.29 is 24.5 Å². The summed E-state index contributed by atoms with van der Waals surface area (Å²) in [5.41, 5.74) is 0. The first kappa shape index (κ1) is 65.1. The Balaban J connectivity index is 3.39. The zero-order valence-corrected chi connectivity index (χ0v) is 44.9. The van der Waals surface area contributed by atoms with Crippen LogP contribution in [0.1, 0.15) is 316 Å². The molecular formula is C61H115NO5. The number of hydrogen-bond donors (Lipinski definition) is 3. The molecule has 0 saturated carbocycles. The van der Waals surface area contributed by atoms with Gasteiger partial charge in [-0.3, -0.25) is 9.59 Å². The largest absolute Gasteiger partial charge is 0.466 e. The van der Waals surface area contributed by atoms with Crippen LogP contribution in [0.15, 0.2) is 36.5 Å². The highest BCUT2D eigenvalue weighted by Gasteiger charge is 2.18. The van der Waals surface area contributed by atoms with E-state index in [1.165, 1.54) is 244 Å². The van der Waals surface area contributed by atoms with Crippen LogP contribution in [-0.4, -0.2) is 47.4 Å². The lowest BCUT2D eigenvalue weighted by Crippen LogP contribution is -2.45. The lowest BCUT2D eigenvalue weighted by Gasteiger charge is -2.20. The van der Waals surface area contributed by atoms with Gasteiger partial charge in [-0.05, 0) is 64.2 Å². The summed E-state index contributed by atoms with van der Waals surface area (Å²) in [6.07, 6.45) is 70.5. The predicted octanol–water partition coefficient (Wildman–Crippen LogP) is 18.4. The molecule has 0 aliphatic heterocycles. The topological polar surface area (TPSA) is 95.9 Å². The van der Waals surface area contributed by atoms with Crippen molar-refractivity contribution in [2.24, 2.45) is 0 Å². The van der Waals surface area contributed by atoms with E-state index < -0.39 is 12.1 Å². The summed E-state index contributed by atoms with van der Waals surface area (Å²) >= 11 is 0. The maximum absolute atomic E-state index is 12.4. The fraction of sp³-hybridized carbons (Fsp3) is 0.869. The molecule has 0 radical (unpaired) electrons. The van der Waals surface area contributed by atoms with Crippen LogP contribution in [0.2, 0.25) is 0 Å². The number of esters is 1. The quantitative estimate of drug-likeness (QED) is 0.0321. The minimum Gasteiger partial charge on any atom is -0.466 e. The van der Waals surface area contributed by atoms with Crippen LogP contribution in [0.5, 0.6) is 0 Å². The maximum Gasteiger partial charge on any atom is 0.305 e. The van der Waals surface area contributed by atoms with Crippen LogP contribution in [0.25, 0.3) is 0 Å². The molecule has 6 heteroatoms. The Kier molecular flexibility index (Phi) is 55.0. The van der Waals surface area contributed by atoms with E-state index in [1.807, 2.05) is 6.08 Å². The van der Waals surface area contributed by atoms with Gasteiger partial charge in [0.25, 0.3) is 0 Å². The molecule has 0 aromatic rings. The van der Waals surface area contributed by atoms with E-state index in [1.54, 1.807) is 6.08 Å². The Morgan fingerprint density at radius 3 is 1.13 bits per heavy atom. The normalized spacial score (nSPS) is 12.8. The summed E-state index contributed by atoms with van der Waals surface area (Å²) in [7, 11) is 0. The summed E-state index contributed by atoms with van der Waals surface area (Å²) in [6, 6.07) is -0.626. The lowest BCUT2D eigenvalue weighted by molar-refractivity contribution is -0.143. The number of unbranched alkanes of at least 4 members (excludes halogenated alkanes) is 40. The molecule has 2 unspecified atom stereocenters. The van der Waals surface area contributed by atoms with Crippen LogP contribution in [-0.2, 0) is 14.3 Å². The van der Waals surface area contributed by atoms with Crippen molar-refractivity contribution in [1.82, 2.24) is 5.32 Å². The maximum atomic E-state index is 12.4. The number of nitrogens with one attached hydrogen (secondary N) is 1. The molecule has 394 valence electrons. The Hall–Kier alpha value is -1.92. The first-order valence-corrected chi connectivity index (χ1v) is 29.8. The van der Waals surface area contributed by atoms with Crippen molar-refractivity contribution in [3.05, 3.63) is 36.5 Å². The van der Waals surface area contributed by atoms with E-state index in [2.05, 4.69) is 43.5 Å². The molecule has 3 N–H and O–H groups in total. The highest BCUT2D eigenvalue weighted by Crippen LogP contribution is 2.16. The third-order valence-corrected chi connectivity index (χ3v) is 13.7. The number of aliphatic hydroxyl groups excluding tert-OH is 2. The molecule has 0 aliphatic carbocycles. The highest BCUT2D eigenvalue weighted by atomic mass is 16.5. The highest BCUT2D eigenvalue weighted by molar-refractivity contribution is 5.76. The van der Waals surface area contributed by atoms with Crippen molar-refractivity contribution in [1.29, 1.82) is 0 Å². The zero-order valence-electron chi connectivity index (χ0n) is 44.9. The van der Waals surface area contributed by atoms with Crippen molar-refractivity contribution >= 4 is 11.9 Å². The van der Waals surface area contributed by atoms with Gasteiger partial charge in [-0.1, -0.05) is 275 Å². The van der Waals surface area contributed by atoms with Gasteiger partial charge in [-0.25, -0.2) is 0 Å². The third-order valence-electron chi connectivity index (χ3n) is 13.7. The molecule has 0 aromatic heterocycles. The van der Waals surface area contributed by atoms with Gasteiger partial charge in [0.15, 0.2) is 0 Å². The number of aliphatic hydroxyl groups is 2. The van der Waals surface area contributed by atoms with Crippen LogP contribution in [0.3, 0.4) is 0 Å². The minimum absolute atomic E-state index is 0.0120. The van der Waals surface area contributed by atoms with Crippen molar-refractivity contribution in [3.63, 3.8) is 0 Å². The Bertz CT molecular complexity index is 1090. The molecule has 0 aromatic carbocycles. The third kappa shape index (κ3) is 53.3. The van der Waals surface area contributed by atoms with Gasteiger partial charge in [-0.15, -0.1) is 0 Å².